The molecule has 1 fully saturated rings. The molecular weight excluding hydrogens is 290 g/mol. The van der Waals surface area contributed by atoms with Crippen molar-refractivity contribution >= 4 is 17.6 Å². The number of carbonyl (C=O) groups excluding carboxylic acids is 2. The topological polar surface area (TPSA) is 46.6 Å². The van der Waals surface area contributed by atoms with E-state index in [1.165, 1.54) is 0 Å². The molecular formula is C19H17NO3. The number of hydrogen-bond acceptors (Lipinski definition) is 3. The summed E-state index contributed by atoms with van der Waals surface area (Å²) in [6.07, 6.45) is 0.410. The summed E-state index contributed by atoms with van der Waals surface area (Å²) < 4.78 is 5.60. The van der Waals surface area contributed by atoms with Crippen molar-refractivity contribution in [3.05, 3.63) is 65.7 Å². The maximum Gasteiger partial charge on any atom is 0.310 e. The van der Waals surface area contributed by atoms with E-state index < -0.39 is 5.60 Å². The molecule has 4 heteroatoms. The van der Waals surface area contributed by atoms with Crippen molar-refractivity contribution in [3.8, 4) is 0 Å². The molecule has 1 amide bonds. The summed E-state index contributed by atoms with van der Waals surface area (Å²) in [4.78, 5) is 26.8. The molecule has 4 nitrogen and oxygen atoms in total. The largest absolute Gasteiger partial charge is 0.444 e. The lowest BCUT2D eigenvalue weighted by Gasteiger charge is -2.22. The van der Waals surface area contributed by atoms with Crippen molar-refractivity contribution in [2.75, 3.05) is 4.90 Å². The number of carbonyl (C=O) groups is 2. The van der Waals surface area contributed by atoms with Crippen LogP contribution >= 0.6 is 0 Å². The molecule has 1 saturated heterocycles. The van der Waals surface area contributed by atoms with Gasteiger partial charge in [-0.2, -0.15) is 0 Å². The lowest BCUT2D eigenvalue weighted by atomic mass is 9.89. The number of nitrogens with zero attached hydrogens (tertiary/aromatic N) is 1. The summed E-state index contributed by atoms with van der Waals surface area (Å²) in [6, 6.07) is 17.4. The molecule has 2 aromatic rings. The molecule has 2 aliphatic heterocycles. The van der Waals surface area contributed by atoms with Crippen LogP contribution in [0.2, 0.25) is 0 Å². The minimum absolute atomic E-state index is 0.139. The van der Waals surface area contributed by atoms with Crippen LogP contribution in [0.15, 0.2) is 54.6 Å². The Morgan fingerprint density at radius 2 is 1.78 bits per heavy atom. The highest BCUT2D eigenvalue weighted by molar-refractivity contribution is 6.09. The van der Waals surface area contributed by atoms with Crippen molar-refractivity contribution < 1.29 is 14.3 Å². The summed E-state index contributed by atoms with van der Waals surface area (Å²) in [5.74, 6) is -0.696. The van der Waals surface area contributed by atoms with E-state index in [1.54, 1.807) is 4.90 Å². The zero-order chi connectivity index (χ0) is 16.0. The van der Waals surface area contributed by atoms with E-state index in [9.17, 15) is 9.59 Å². The first-order chi connectivity index (χ1) is 11.1. The van der Waals surface area contributed by atoms with Crippen LogP contribution in [-0.2, 0) is 26.5 Å². The summed E-state index contributed by atoms with van der Waals surface area (Å²) in [6.45, 7) is 2.29. The molecule has 0 radical (unpaired) electrons. The fraction of sp³-hybridized carbons (Fsp3) is 0.263. The maximum atomic E-state index is 13.1. The van der Waals surface area contributed by atoms with Gasteiger partial charge in [0.2, 0.25) is 5.60 Å². The maximum absolute atomic E-state index is 13.1. The number of benzene rings is 2. The first-order valence-corrected chi connectivity index (χ1v) is 7.80. The van der Waals surface area contributed by atoms with Gasteiger partial charge in [-0.05, 0) is 11.6 Å². The third kappa shape index (κ3) is 1.98. The Morgan fingerprint density at radius 1 is 1.09 bits per heavy atom. The van der Waals surface area contributed by atoms with Gasteiger partial charge in [0.15, 0.2) is 0 Å². The Morgan fingerprint density at radius 3 is 2.48 bits per heavy atom. The Hall–Kier alpha value is -2.62. The minimum atomic E-state index is -1.14. The van der Waals surface area contributed by atoms with Crippen molar-refractivity contribution in [2.24, 2.45) is 5.92 Å². The summed E-state index contributed by atoms with van der Waals surface area (Å²) >= 11 is 0. The van der Waals surface area contributed by atoms with Crippen LogP contribution in [0.25, 0.3) is 0 Å². The minimum Gasteiger partial charge on any atom is -0.444 e. The molecule has 2 atom stereocenters. The van der Waals surface area contributed by atoms with Crippen molar-refractivity contribution in [2.45, 2.75) is 25.5 Å². The molecule has 0 aromatic heterocycles. The van der Waals surface area contributed by atoms with Gasteiger partial charge in [0, 0.05) is 12.0 Å². The highest BCUT2D eigenvalue weighted by Crippen LogP contribution is 2.50. The molecule has 2 heterocycles. The van der Waals surface area contributed by atoms with E-state index in [4.69, 9.17) is 4.74 Å². The lowest BCUT2D eigenvalue weighted by Crippen LogP contribution is -2.40. The molecule has 2 unspecified atom stereocenters. The summed E-state index contributed by atoms with van der Waals surface area (Å²) in [5, 5.41) is 0. The quantitative estimate of drug-likeness (QED) is 0.801. The van der Waals surface area contributed by atoms with Crippen molar-refractivity contribution in [3.63, 3.8) is 0 Å². The number of fused-ring (bicyclic) bond motifs is 2. The number of esters is 1. The van der Waals surface area contributed by atoms with Crippen LogP contribution in [-0.4, -0.2) is 11.9 Å². The van der Waals surface area contributed by atoms with E-state index in [-0.39, 0.29) is 17.8 Å². The van der Waals surface area contributed by atoms with Gasteiger partial charge >= 0.3 is 5.97 Å². The molecule has 1 spiro atoms. The monoisotopic (exact) mass is 307 g/mol. The predicted molar refractivity (Wildman–Crippen MR) is 85.6 cm³/mol. The second-order valence-corrected chi connectivity index (χ2v) is 6.25. The average Bonchev–Trinajstić information content (AvgIpc) is 2.99. The van der Waals surface area contributed by atoms with Crippen molar-refractivity contribution in [1.29, 1.82) is 0 Å². The SMILES string of the molecule is CC1CC2(OC1=O)C(=O)N(Cc1ccccc1)c1ccccc12. The molecule has 0 N–H and O–H groups in total. The van der Waals surface area contributed by atoms with Crippen molar-refractivity contribution in [1.82, 2.24) is 0 Å². The highest BCUT2D eigenvalue weighted by atomic mass is 16.6. The first kappa shape index (κ1) is 14.0. The van der Waals surface area contributed by atoms with Gasteiger partial charge < -0.3 is 9.64 Å². The van der Waals surface area contributed by atoms with E-state index >= 15 is 0 Å². The Kier molecular flexibility index (Phi) is 3.01. The Bertz CT molecular complexity index is 786. The number of anilines is 1. The molecule has 0 aliphatic carbocycles. The molecule has 0 bridgehead atoms. The van der Waals surface area contributed by atoms with Gasteiger partial charge in [-0.3, -0.25) is 9.59 Å². The standard InChI is InChI=1S/C19H17NO3/c1-13-11-19(23-17(13)21)15-9-5-6-10-16(15)20(18(19)22)12-14-7-3-2-4-8-14/h2-10,13H,11-12H2,1H3. The van der Waals surface area contributed by atoms with E-state index in [1.807, 2.05) is 61.5 Å². The van der Waals surface area contributed by atoms with Gasteiger partial charge in [0.1, 0.15) is 0 Å². The predicted octanol–water partition coefficient (Wildman–Crippen LogP) is 3.01. The third-order valence-electron chi connectivity index (χ3n) is 4.67. The fourth-order valence-corrected chi connectivity index (χ4v) is 3.54. The van der Waals surface area contributed by atoms with E-state index in [2.05, 4.69) is 0 Å². The second-order valence-electron chi connectivity index (χ2n) is 6.25. The fourth-order valence-electron chi connectivity index (χ4n) is 3.54. The number of ether oxygens (including phenoxy) is 1. The summed E-state index contributed by atoms with van der Waals surface area (Å²) in [5.41, 5.74) is 1.55. The number of amides is 1. The van der Waals surface area contributed by atoms with Crippen LogP contribution < -0.4 is 4.90 Å². The van der Waals surface area contributed by atoms with E-state index in [0.29, 0.717) is 13.0 Å². The van der Waals surface area contributed by atoms with Crippen LogP contribution in [0.4, 0.5) is 5.69 Å². The molecule has 0 saturated carbocycles. The molecule has 2 aromatic carbocycles. The van der Waals surface area contributed by atoms with Gasteiger partial charge in [0.25, 0.3) is 5.91 Å². The summed E-state index contributed by atoms with van der Waals surface area (Å²) in [7, 11) is 0. The van der Waals surface area contributed by atoms with Crippen LogP contribution in [0.5, 0.6) is 0 Å². The Labute approximate surface area is 134 Å². The zero-order valence-electron chi connectivity index (χ0n) is 12.9. The normalized spacial score (nSPS) is 25.8. The molecule has 4 rings (SSSR count). The number of rotatable bonds is 2. The van der Waals surface area contributed by atoms with Gasteiger partial charge in [0.05, 0.1) is 18.2 Å². The highest BCUT2D eigenvalue weighted by Gasteiger charge is 2.59. The zero-order valence-corrected chi connectivity index (χ0v) is 12.9. The smallest absolute Gasteiger partial charge is 0.310 e. The number of para-hydroxylation sites is 1. The second kappa shape index (κ2) is 4.95. The van der Waals surface area contributed by atoms with Gasteiger partial charge in [-0.1, -0.05) is 55.5 Å². The third-order valence-corrected chi connectivity index (χ3v) is 4.67. The molecule has 116 valence electrons. The lowest BCUT2D eigenvalue weighted by molar-refractivity contribution is -0.158. The molecule has 23 heavy (non-hydrogen) atoms. The van der Waals surface area contributed by atoms with Crippen LogP contribution in [0.3, 0.4) is 0 Å². The van der Waals surface area contributed by atoms with Gasteiger partial charge in [-0.25, -0.2) is 0 Å². The average molecular weight is 307 g/mol. The Balaban J connectivity index is 1.78. The van der Waals surface area contributed by atoms with E-state index in [0.717, 1.165) is 16.8 Å². The van der Waals surface area contributed by atoms with Crippen LogP contribution in [0.1, 0.15) is 24.5 Å². The molecule has 2 aliphatic rings. The van der Waals surface area contributed by atoms with Crippen LogP contribution in [0, 0.1) is 5.92 Å². The van der Waals surface area contributed by atoms with Gasteiger partial charge in [-0.15, -0.1) is 0 Å². The first-order valence-electron chi connectivity index (χ1n) is 7.80. The number of hydrogen-bond donors (Lipinski definition) is 0.